The summed E-state index contributed by atoms with van der Waals surface area (Å²) >= 11 is 0. The molecule has 0 saturated heterocycles. The van der Waals surface area contributed by atoms with E-state index in [0.29, 0.717) is 5.69 Å². The predicted molar refractivity (Wildman–Crippen MR) is 175 cm³/mol. The van der Waals surface area contributed by atoms with Gasteiger partial charge in [0, 0.05) is 12.6 Å². The lowest BCUT2D eigenvalue weighted by atomic mass is 9.48. The minimum atomic E-state index is -3.77. The van der Waals surface area contributed by atoms with Crippen LogP contribution in [0.15, 0.2) is 48.5 Å². The molecule has 2 aromatic rings. The van der Waals surface area contributed by atoms with Crippen LogP contribution in [0.4, 0.5) is 5.69 Å². The fraction of sp³-hybridized carbons (Fsp3) is 0.611. The summed E-state index contributed by atoms with van der Waals surface area (Å²) in [5.41, 5.74) is 3.97. The summed E-state index contributed by atoms with van der Waals surface area (Å²) in [6.45, 7) is 3.61. The van der Waals surface area contributed by atoms with Crippen LogP contribution in [0.25, 0.3) is 0 Å². The van der Waals surface area contributed by atoms with E-state index in [1.165, 1.54) is 54.8 Å². The molecule has 4 bridgehead atoms. The third-order valence-corrected chi connectivity index (χ3v) is 12.3. The van der Waals surface area contributed by atoms with Gasteiger partial charge in [0.25, 0.3) is 0 Å². The Balaban J connectivity index is 1.23. The lowest BCUT2D eigenvalue weighted by Gasteiger charge is -2.57. The molecule has 0 spiro atoms. The standard InChI is InChI=1S/C36H49N3O4S/c1-25-9-7-8-10-30(25)23-38(26(2)35(41)37-32-11-5-4-6-12-32)34(40)24-39(44(3,42)43)33-15-13-31(14-16-33)36-20-27-17-28(21-36)19-29(18-27)22-36/h7-10,13-16,26-29,32H,4-6,11-12,17-24H2,1-3H3,(H,37,41)/t26-,27?,28?,29?,36?/m1/s1. The van der Waals surface area contributed by atoms with Crippen molar-refractivity contribution in [1.29, 1.82) is 0 Å². The normalized spacial score (nSPS) is 27.1. The van der Waals surface area contributed by atoms with E-state index < -0.39 is 22.0 Å². The number of hydrogen-bond acceptors (Lipinski definition) is 4. The molecule has 1 atom stereocenters. The maximum Gasteiger partial charge on any atom is 0.244 e. The Morgan fingerprint density at radius 1 is 0.909 bits per heavy atom. The van der Waals surface area contributed by atoms with E-state index in [2.05, 4.69) is 17.4 Å². The quantitative estimate of drug-likeness (QED) is 0.349. The van der Waals surface area contributed by atoms with Crippen molar-refractivity contribution in [2.24, 2.45) is 17.8 Å². The molecule has 1 N–H and O–H groups in total. The average Bonchev–Trinajstić information content (AvgIpc) is 2.98. The van der Waals surface area contributed by atoms with E-state index in [1.807, 2.05) is 43.3 Å². The molecule has 2 aromatic carbocycles. The average molecular weight is 620 g/mol. The number of nitrogens with one attached hydrogen (secondary N) is 1. The van der Waals surface area contributed by atoms with Crippen LogP contribution >= 0.6 is 0 Å². The number of amides is 2. The third kappa shape index (κ3) is 6.56. The molecule has 0 heterocycles. The number of nitrogens with zero attached hydrogens (tertiary/aromatic N) is 2. The second-order valence-electron chi connectivity index (χ2n) is 14.5. The molecule has 7 rings (SSSR count). The van der Waals surface area contributed by atoms with Crippen LogP contribution in [0.5, 0.6) is 0 Å². The highest BCUT2D eigenvalue weighted by Crippen LogP contribution is 2.60. The molecule has 5 aliphatic rings. The van der Waals surface area contributed by atoms with Gasteiger partial charge in [-0.2, -0.15) is 0 Å². The van der Waals surface area contributed by atoms with Crippen LogP contribution in [0.1, 0.15) is 94.2 Å². The number of carbonyl (C=O) groups is 2. The van der Waals surface area contributed by atoms with Crippen LogP contribution in [0, 0.1) is 24.7 Å². The van der Waals surface area contributed by atoms with E-state index in [4.69, 9.17) is 0 Å². The Hall–Kier alpha value is -2.87. The van der Waals surface area contributed by atoms with E-state index in [9.17, 15) is 18.0 Å². The first-order valence-electron chi connectivity index (χ1n) is 16.7. The van der Waals surface area contributed by atoms with Crippen molar-refractivity contribution in [3.05, 3.63) is 65.2 Å². The van der Waals surface area contributed by atoms with Gasteiger partial charge >= 0.3 is 0 Å². The predicted octanol–water partition coefficient (Wildman–Crippen LogP) is 6.10. The molecule has 0 aromatic heterocycles. The Morgan fingerprint density at radius 2 is 1.50 bits per heavy atom. The second-order valence-corrected chi connectivity index (χ2v) is 16.4. The second kappa shape index (κ2) is 12.5. The molecule has 7 nitrogen and oxygen atoms in total. The van der Waals surface area contributed by atoms with E-state index in [-0.39, 0.29) is 30.5 Å². The Bertz CT molecular complexity index is 1430. The third-order valence-electron chi connectivity index (χ3n) is 11.2. The first kappa shape index (κ1) is 31.1. The molecular formula is C36H49N3O4S. The van der Waals surface area contributed by atoms with E-state index >= 15 is 0 Å². The van der Waals surface area contributed by atoms with Gasteiger partial charge in [0.15, 0.2) is 0 Å². The van der Waals surface area contributed by atoms with Gasteiger partial charge in [-0.1, -0.05) is 55.7 Å². The van der Waals surface area contributed by atoms with Crippen molar-refractivity contribution < 1.29 is 18.0 Å². The number of hydrogen-bond donors (Lipinski definition) is 1. The van der Waals surface area contributed by atoms with Gasteiger partial charge in [0.05, 0.1) is 11.9 Å². The molecule has 238 valence electrons. The lowest BCUT2D eigenvalue weighted by Crippen LogP contribution is -2.53. The Kier molecular flexibility index (Phi) is 8.84. The van der Waals surface area contributed by atoms with Crippen molar-refractivity contribution >= 4 is 27.5 Å². The minimum absolute atomic E-state index is 0.120. The van der Waals surface area contributed by atoms with Crippen molar-refractivity contribution in [3.63, 3.8) is 0 Å². The molecule has 5 fully saturated rings. The topological polar surface area (TPSA) is 86.8 Å². The van der Waals surface area contributed by atoms with Crippen LogP contribution in [-0.4, -0.2) is 50.0 Å². The smallest absolute Gasteiger partial charge is 0.244 e. The van der Waals surface area contributed by atoms with Gasteiger partial charge in [-0.25, -0.2) is 8.42 Å². The number of benzene rings is 2. The molecule has 0 radical (unpaired) electrons. The summed E-state index contributed by atoms with van der Waals surface area (Å²) in [4.78, 5) is 29.1. The number of rotatable bonds is 10. The first-order chi connectivity index (χ1) is 21.0. The van der Waals surface area contributed by atoms with E-state index in [1.54, 1.807) is 11.8 Å². The van der Waals surface area contributed by atoms with Gasteiger partial charge in [0.2, 0.25) is 21.8 Å². The largest absolute Gasteiger partial charge is 0.352 e. The molecule has 0 aliphatic heterocycles. The van der Waals surface area contributed by atoms with Crippen molar-refractivity contribution in [3.8, 4) is 0 Å². The fourth-order valence-electron chi connectivity index (χ4n) is 9.18. The van der Waals surface area contributed by atoms with Gasteiger partial charge in [-0.15, -0.1) is 0 Å². The zero-order chi connectivity index (χ0) is 31.1. The van der Waals surface area contributed by atoms with Crippen molar-refractivity contribution in [2.75, 3.05) is 17.1 Å². The van der Waals surface area contributed by atoms with Gasteiger partial charge in [0.1, 0.15) is 12.6 Å². The van der Waals surface area contributed by atoms with Gasteiger partial charge in [-0.05, 0) is 117 Å². The maximum atomic E-state index is 14.1. The van der Waals surface area contributed by atoms with Crippen LogP contribution in [0.3, 0.4) is 0 Å². The number of aryl methyl sites for hydroxylation is 1. The summed E-state index contributed by atoms with van der Waals surface area (Å²) in [7, 11) is -3.77. The van der Waals surface area contributed by atoms with Crippen LogP contribution in [-0.2, 0) is 31.6 Å². The highest BCUT2D eigenvalue weighted by Gasteiger charge is 2.51. The monoisotopic (exact) mass is 619 g/mol. The Morgan fingerprint density at radius 3 is 2.07 bits per heavy atom. The summed E-state index contributed by atoms with van der Waals surface area (Å²) in [5.74, 6) is 1.88. The lowest BCUT2D eigenvalue weighted by molar-refractivity contribution is -0.139. The zero-order valence-electron chi connectivity index (χ0n) is 26.6. The Labute approximate surface area is 263 Å². The summed E-state index contributed by atoms with van der Waals surface area (Å²) in [6.07, 6.45) is 14.3. The summed E-state index contributed by atoms with van der Waals surface area (Å²) < 4.78 is 27.5. The fourth-order valence-corrected chi connectivity index (χ4v) is 10.0. The van der Waals surface area contributed by atoms with Crippen molar-refractivity contribution in [1.82, 2.24) is 10.2 Å². The number of anilines is 1. The molecular weight excluding hydrogens is 570 g/mol. The van der Waals surface area contributed by atoms with Crippen LogP contribution < -0.4 is 9.62 Å². The summed E-state index contributed by atoms with van der Waals surface area (Å²) in [6, 6.07) is 15.2. The SMILES string of the molecule is Cc1ccccc1CN(C(=O)CN(c1ccc(C23CC4CC(CC(C4)C2)C3)cc1)S(C)(=O)=O)[C@H](C)C(=O)NC1CCCCC1. The first-order valence-corrected chi connectivity index (χ1v) is 18.6. The summed E-state index contributed by atoms with van der Waals surface area (Å²) in [5, 5.41) is 3.17. The minimum Gasteiger partial charge on any atom is -0.352 e. The number of carbonyl (C=O) groups excluding carboxylic acids is 2. The molecule has 5 aliphatic carbocycles. The molecule has 2 amide bonds. The van der Waals surface area contributed by atoms with Gasteiger partial charge in [-0.3, -0.25) is 13.9 Å². The van der Waals surface area contributed by atoms with Crippen LogP contribution in [0.2, 0.25) is 0 Å². The maximum absolute atomic E-state index is 14.1. The highest BCUT2D eigenvalue weighted by molar-refractivity contribution is 7.92. The molecule has 44 heavy (non-hydrogen) atoms. The highest BCUT2D eigenvalue weighted by atomic mass is 32.2. The van der Waals surface area contributed by atoms with Crippen molar-refractivity contribution in [2.45, 2.75) is 109 Å². The number of sulfonamides is 1. The molecule has 5 saturated carbocycles. The zero-order valence-corrected chi connectivity index (χ0v) is 27.5. The van der Waals surface area contributed by atoms with E-state index in [0.717, 1.165) is 60.8 Å². The molecule has 0 unspecified atom stereocenters. The molecule has 8 heteroatoms. The van der Waals surface area contributed by atoms with Gasteiger partial charge < -0.3 is 10.2 Å².